The van der Waals surface area contributed by atoms with Gasteiger partial charge >= 0.3 is 0 Å². The number of halogens is 1. The summed E-state index contributed by atoms with van der Waals surface area (Å²) in [7, 11) is 0. The lowest BCUT2D eigenvalue weighted by Crippen LogP contribution is -2.18. The number of hydrogen-bond donors (Lipinski definition) is 1. The zero-order valence-electron chi connectivity index (χ0n) is 12.6. The molecule has 0 aliphatic heterocycles. The van der Waals surface area contributed by atoms with Crippen LogP contribution in [0.2, 0.25) is 0 Å². The lowest BCUT2D eigenvalue weighted by Gasteiger charge is -2.13. The molecule has 0 aliphatic carbocycles. The van der Waals surface area contributed by atoms with E-state index in [1.807, 2.05) is 23.0 Å². The minimum absolute atomic E-state index is 0.106. The van der Waals surface area contributed by atoms with Crippen LogP contribution in [0.1, 0.15) is 42.1 Å². The van der Waals surface area contributed by atoms with Crippen molar-refractivity contribution in [2.75, 3.05) is 0 Å². The molecule has 0 radical (unpaired) electrons. The Hall–Kier alpha value is -1.68. The van der Waals surface area contributed by atoms with Crippen LogP contribution in [0.15, 0.2) is 24.5 Å². The first-order chi connectivity index (χ1) is 9.51. The van der Waals surface area contributed by atoms with Crippen molar-refractivity contribution in [1.29, 1.82) is 0 Å². The third kappa shape index (κ3) is 3.25. The second-order valence-electron chi connectivity index (χ2n) is 5.28. The maximum atomic E-state index is 13.6. The summed E-state index contributed by atoms with van der Waals surface area (Å²) in [4.78, 5) is 0. The lowest BCUT2D eigenvalue weighted by atomic mass is 10.1. The fourth-order valence-corrected chi connectivity index (χ4v) is 2.30. The zero-order valence-corrected chi connectivity index (χ0v) is 12.6. The Kier molecular flexibility index (Phi) is 4.55. The smallest absolute Gasteiger partial charge is 0.129 e. The van der Waals surface area contributed by atoms with Crippen LogP contribution in [0.3, 0.4) is 0 Å². The number of hydrogen-bond acceptors (Lipinski definition) is 2. The number of aryl methyl sites for hydroxylation is 3. The van der Waals surface area contributed by atoms with Crippen LogP contribution < -0.4 is 5.32 Å². The monoisotopic (exact) mass is 275 g/mol. The highest BCUT2D eigenvalue weighted by Crippen LogP contribution is 2.16. The molecule has 0 amide bonds. The van der Waals surface area contributed by atoms with Crippen LogP contribution in [0.4, 0.5) is 4.39 Å². The van der Waals surface area contributed by atoms with E-state index in [2.05, 4.69) is 30.5 Å². The number of rotatable bonds is 5. The minimum atomic E-state index is -0.106. The molecule has 4 heteroatoms. The molecule has 1 N–H and O–H groups in total. The highest BCUT2D eigenvalue weighted by molar-refractivity contribution is 5.30. The Morgan fingerprint density at radius 1 is 1.30 bits per heavy atom. The molecule has 0 fully saturated rings. The number of aromatic nitrogens is 2. The Labute approximate surface area is 119 Å². The van der Waals surface area contributed by atoms with E-state index in [0.29, 0.717) is 11.1 Å². The molecule has 2 aromatic rings. The maximum Gasteiger partial charge on any atom is 0.129 e. The summed E-state index contributed by atoms with van der Waals surface area (Å²) in [5.41, 5.74) is 3.68. The zero-order chi connectivity index (χ0) is 14.7. The standard InChI is InChI=1S/C16H22FN3/c1-5-20-10-15(9-19-20)13(4)18-8-14-6-11(2)16(17)12(3)7-14/h6-7,9-10,13,18H,5,8H2,1-4H3. The molecule has 1 atom stereocenters. The van der Waals surface area contributed by atoms with Gasteiger partial charge in [0.1, 0.15) is 5.82 Å². The van der Waals surface area contributed by atoms with Crippen LogP contribution >= 0.6 is 0 Å². The first-order valence-corrected chi connectivity index (χ1v) is 7.02. The van der Waals surface area contributed by atoms with Gasteiger partial charge in [-0.15, -0.1) is 0 Å². The van der Waals surface area contributed by atoms with Crippen molar-refractivity contribution in [3.05, 3.63) is 52.6 Å². The number of nitrogens with zero attached hydrogens (tertiary/aromatic N) is 2. The van der Waals surface area contributed by atoms with Crippen molar-refractivity contribution in [3.63, 3.8) is 0 Å². The van der Waals surface area contributed by atoms with Gasteiger partial charge in [0.05, 0.1) is 6.20 Å². The fourth-order valence-electron chi connectivity index (χ4n) is 2.30. The molecule has 0 spiro atoms. The predicted molar refractivity (Wildman–Crippen MR) is 79.0 cm³/mol. The largest absolute Gasteiger partial charge is 0.306 e. The number of benzene rings is 1. The van der Waals surface area contributed by atoms with E-state index in [9.17, 15) is 4.39 Å². The summed E-state index contributed by atoms with van der Waals surface area (Å²) in [6.07, 6.45) is 3.95. The van der Waals surface area contributed by atoms with Crippen molar-refractivity contribution in [1.82, 2.24) is 15.1 Å². The molecule has 1 aromatic carbocycles. The molecule has 2 rings (SSSR count). The molecule has 1 heterocycles. The summed E-state index contributed by atoms with van der Waals surface area (Å²) in [6, 6.07) is 4.02. The van der Waals surface area contributed by atoms with Crippen LogP contribution in [-0.4, -0.2) is 9.78 Å². The average molecular weight is 275 g/mol. The molecule has 0 saturated carbocycles. The predicted octanol–water partition coefficient (Wildman–Crippen LogP) is 3.51. The molecule has 3 nitrogen and oxygen atoms in total. The first kappa shape index (κ1) is 14.7. The van der Waals surface area contributed by atoms with Crippen LogP contribution in [-0.2, 0) is 13.1 Å². The molecule has 0 saturated heterocycles. The lowest BCUT2D eigenvalue weighted by molar-refractivity contribution is 0.569. The van der Waals surface area contributed by atoms with Gasteiger partial charge in [0.2, 0.25) is 0 Å². The van der Waals surface area contributed by atoms with Crippen LogP contribution in [0.25, 0.3) is 0 Å². The highest BCUT2D eigenvalue weighted by Gasteiger charge is 2.09. The van der Waals surface area contributed by atoms with Crippen LogP contribution in [0.5, 0.6) is 0 Å². The van der Waals surface area contributed by atoms with E-state index in [1.54, 1.807) is 13.8 Å². The van der Waals surface area contributed by atoms with E-state index >= 15 is 0 Å². The molecule has 108 valence electrons. The summed E-state index contributed by atoms with van der Waals surface area (Å²) in [5.74, 6) is -0.106. The summed E-state index contributed by atoms with van der Waals surface area (Å²) in [6.45, 7) is 9.39. The van der Waals surface area contributed by atoms with Gasteiger partial charge < -0.3 is 5.32 Å². The Morgan fingerprint density at radius 2 is 1.95 bits per heavy atom. The SMILES string of the molecule is CCn1cc(C(C)NCc2cc(C)c(F)c(C)c2)cn1. The molecule has 1 unspecified atom stereocenters. The average Bonchev–Trinajstić information content (AvgIpc) is 2.91. The first-order valence-electron chi connectivity index (χ1n) is 7.02. The van der Waals surface area contributed by atoms with Gasteiger partial charge in [-0.25, -0.2) is 4.39 Å². The molecular weight excluding hydrogens is 253 g/mol. The normalized spacial score (nSPS) is 12.7. The van der Waals surface area contributed by atoms with Crippen molar-refractivity contribution >= 4 is 0 Å². The number of nitrogens with one attached hydrogen (secondary N) is 1. The van der Waals surface area contributed by atoms with Gasteiger partial charge in [0.25, 0.3) is 0 Å². The molecule has 0 bridgehead atoms. The van der Waals surface area contributed by atoms with Gasteiger partial charge in [0, 0.05) is 30.9 Å². The van der Waals surface area contributed by atoms with Crippen molar-refractivity contribution < 1.29 is 4.39 Å². The summed E-state index contributed by atoms with van der Waals surface area (Å²) in [5, 5.41) is 7.73. The van der Waals surface area contributed by atoms with E-state index in [0.717, 1.165) is 18.7 Å². The van der Waals surface area contributed by atoms with Gasteiger partial charge in [-0.2, -0.15) is 5.10 Å². The van der Waals surface area contributed by atoms with Gasteiger partial charge in [-0.1, -0.05) is 12.1 Å². The maximum absolute atomic E-state index is 13.6. The van der Waals surface area contributed by atoms with Crippen molar-refractivity contribution in [2.45, 2.75) is 46.8 Å². The highest BCUT2D eigenvalue weighted by atomic mass is 19.1. The quantitative estimate of drug-likeness (QED) is 0.905. The van der Waals surface area contributed by atoms with Gasteiger partial charge in [-0.05, 0) is 44.4 Å². The Balaban J connectivity index is 2.01. The van der Waals surface area contributed by atoms with E-state index in [1.165, 1.54) is 5.56 Å². The molecule has 1 aromatic heterocycles. The van der Waals surface area contributed by atoms with Crippen LogP contribution in [0, 0.1) is 19.7 Å². The third-order valence-corrected chi connectivity index (χ3v) is 3.59. The second kappa shape index (κ2) is 6.18. The van der Waals surface area contributed by atoms with Crippen molar-refractivity contribution in [2.24, 2.45) is 0 Å². The molecule has 20 heavy (non-hydrogen) atoms. The van der Waals surface area contributed by atoms with Crippen molar-refractivity contribution in [3.8, 4) is 0 Å². The van der Waals surface area contributed by atoms with E-state index in [4.69, 9.17) is 0 Å². The summed E-state index contributed by atoms with van der Waals surface area (Å²) < 4.78 is 15.5. The Bertz CT molecular complexity index is 566. The van der Waals surface area contributed by atoms with E-state index in [-0.39, 0.29) is 11.9 Å². The second-order valence-corrected chi connectivity index (χ2v) is 5.28. The van der Waals surface area contributed by atoms with Gasteiger partial charge in [-0.3, -0.25) is 4.68 Å². The molecular formula is C16H22FN3. The van der Waals surface area contributed by atoms with Gasteiger partial charge in [0.15, 0.2) is 0 Å². The molecule has 0 aliphatic rings. The topological polar surface area (TPSA) is 29.9 Å². The fraction of sp³-hybridized carbons (Fsp3) is 0.438. The Morgan fingerprint density at radius 3 is 2.50 bits per heavy atom. The third-order valence-electron chi connectivity index (χ3n) is 3.59. The minimum Gasteiger partial charge on any atom is -0.306 e. The van der Waals surface area contributed by atoms with E-state index < -0.39 is 0 Å². The summed E-state index contributed by atoms with van der Waals surface area (Å²) >= 11 is 0.